The van der Waals surface area contributed by atoms with Gasteiger partial charge in [-0.1, -0.05) is 6.92 Å². The van der Waals surface area contributed by atoms with E-state index in [1.807, 2.05) is 0 Å². The van der Waals surface area contributed by atoms with Crippen LogP contribution in [0.15, 0.2) is 0 Å². The predicted molar refractivity (Wildman–Crippen MR) is 77.2 cm³/mol. The maximum atomic E-state index is 12.4. The Bertz CT molecular complexity index is 371. The van der Waals surface area contributed by atoms with Crippen molar-refractivity contribution in [2.24, 2.45) is 5.92 Å². The average Bonchev–Trinajstić information content (AvgIpc) is 2.89. The fourth-order valence-corrected chi connectivity index (χ4v) is 4.20. The summed E-state index contributed by atoms with van der Waals surface area (Å²) in [6, 6.07) is 0. The standard InChI is InChI=1S/C13H27N3O2S/c1-13-5-9-16(10-6-13)19(17,18)14(2)11-12-15-7-3-4-8-15/h13H,3-12H2,1-2H3. The van der Waals surface area contributed by atoms with Crippen LogP contribution in [0.2, 0.25) is 0 Å². The quantitative estimate of drug-likeness (QED) is 0.758. The lowest BCUT2D eigenvalue weighted by Gasteiger charge is -2.33. The Morgan fingerprint density at radius 3 is 2.26 bits per heavy atom. The molecule has 0 unspecified atom stereocenters. The van der Waals surface area contributed by atoms with Crippen molar-refractivity contribution in [3.05, 3.63) is 0 Å². The molecule has 0 aliphatic carbocycles. The van der Waals surface area contributed by atoms with Crippen LogP contribution in [0.1, 0.15) is 32.6 Å². The van der Waals surface area contributed by atoms with Crippen molar-refractivity contribution < 1.29 is 8.42 Å². The average molecular weight is 289 g/mol. The minimum absolute atomic E-state index is 0.606. The van der Waals surface area contributed by atoms with Gasteiger partial charge in [0.05, 0.1) is 0 Å². The van der Waals surface area contributed by atoms with Gasteiger partial charge in [0.15, 0.2) is 0 Å². The molecule has 0 saturated carbocycles. The third kappa shape index (κ3) is 3.90. The van der Waals surface area contributed by atoms with E-state index in [2.05, 4.69) is 11.8 Å². The summed E-state index contributed by atoms with van der Waals surface area (Å²) in [6.45, 7) is 7.26. The molecule has 0 aromatic carbocycles. The molecule has 2 heterocycles. The molecule has 0 aromatic heterocycles. The van der Waals surface area contributed by atoms with Crippen LogP contribution >= 0.6 is 0 Å². The zero-order valence-corrected chi connectivity index (χ0v) is 13.0. The highest BCUT2D eigenvalue weighted by Crippen LogP contribution is 2.20. The summed E-state index contributed by atoms with van der Waals surface area (Å²) in [7, 11) is -1.53. The van der Waals surface area contributed by atoms with E-state index < -0.39 is 10.2 Å². The van der Waals surface area contributed by atoms with Crippen LogP contribution in [-0.4, -0.2) is 68.2 Å². The summed E-state index contributed by atoms with van der Waals surface area (Å²) in [5, 5.41) is 0. The second-order valence-corrected chi connectivity index (χ2v) is 8.00. The van der Waals surface area contributed by atoms with Gasteiger partial charge in [0.1, 0.15) is 0 Å². The molecule has 0 atom stereocenters. The van der Waals surface area contributed by atoms with Crippen LogP contribution in [0.3, 0.4) is 0 Å². The van der Waals surface area contributed by atoms with Gasteiger partial charge < -0.3 is 4.90 Å². The van der Waals surface area contributed by atoms with Crippen LogP contribution in [0.5, 0.6) is 0 Å². The van der Waals surface area contributed by atoms with E-state index in [-0.39, 0.29) is 0 Å². The molecule has 0 bridgehead atoms. The highest BCUT2D eigenvalue weighted by Gasteiger charge is 2.30. The molecule has 5 nitrogen and oxygen atoms in total. The number of piperidine rings is 1. The molecule has 2 saturated heterocycles. The van der Waals surface area contributed by atoms with Gasteiger partial charge in [-0.15, -0.1) is 0 Å². The third-order valence-electron chi connectivity index (χ3n) is 4.39. The van der Waals surface area contributed by atoms with Crippen LogP contribution in [-0.2, 0) is 10.2 Å². The maximum Gasteiger partial charge on any atom is 0.281 e. The molecule has 0 aromatic rings. The topological polar surface area (TPSA) is 43.9 Å². The first-order chi connectivity index (χ1) is 9.00. The van der Waals surface area contributed by atoms with Crippen molar-refractivity contribution in [3.63, 3.8) is 0 Å². The summed E-state index contributed by atoms with van der Waals surface area (Å²) >= 11 is 0. The predicted octanol–water partition coefficient (Wildman–Crippen LogP) is 0.991. The van der Waals surface area contributed by atoms with Gasteiger partial charge in [-0.05, 0) is 44.7 Å². The summed E-state index contributed by atoms with van der Waals surface area (Å²) in [5.41, 5.74) is 0. The molecule has 2 aliphatic rings. The smallest absolute Gasteiger partial charge is 0.281 e. The normalized spacial score (nSPS) is 24.4. The van der Waals surface area contributed by atoms with Crippen LogP contribution in [0.4, 0.5) is 0 Å². The summed E-state index contributed by atoms with van der Waals surface area (Å²) in [4.78, 5) is 2.35. The Hall–Kier alpha value is -0.170. The highest BCUT2D eigenvalue weighted by molar-refractivity contribution is 7.86. The molecular formula is C13H27N3O2S. The van der Waals surface area contributed by atoms with Crippen LogP contribution in [0, 0.1) is 5.92 Å². The van der Waals surface area contributed by atoms with Crippen molar-refractivity contribution in [2.75, 3.05) is 46.3 Å². The van der Waals surface area contributed by atoms with Gasteiger partial charge >= 0.3 is 0 Å². The summed E-state index contributed by atoms with van der Waals surface area (Å²) in [5.74, 6) is 0.654. The Kier molecular flexibility index (Phi) is 5.22. The fourth-order valence-electron chi connectivity index (χ4n) is 2.82. The molecule has 0 N–H and O–H groups in total. The Morgan fingerprint density at radius 1 is 1.11 bits per heavy atom. The van der Waals surface area contributed by atoms with Gasteiger partial charge in [0.25, 0.3) is 10.2 Å². The highest BCUT2D eigenvalue weighted by atomic mass is 32.2. The van der Waals surface area contributed by atoms with E-state index in [1.165, 1.54) is 17.1 Å². The minimum atomic E-state index is -3.24. The first-order valence-corrected chi connectivity index (χ1v) is 8.83. The monoisotopic (exact) mass is 289 g/mol. The third-order valence-corrected chi connectivity index (χ3v) is 6.38. The largest absolute Gasteiger partial charge is 0.302 e. The molecule has 19 heavy (non-hydrogen) atoms. The number of likely N-dealkylation sites (N-methyl/N-ethyl adjacent to an activating group) is 1. The molecule has 0 spiro atoms. The van der Waals surface area contributed by atoms with E-state index in [4.69, 9.17) is 0 Å². The molecule has 0 amide bonds. The van der Waals surface area contributed by atoms with E-state index in [9.17, 15) is 8.42 Å². The molecule has 2 aliphatic heterocycles. The Labute approximate surface area is 117 Å². The number of hydrogen-bond acceptors (Lipinski definition) is 3. The molecule has 2 fully saturated rings. The molecule has 112 valence electrons. The van der Waals surface area contributed by atoms with Crippen molar-refractivity contribution in [2.45, 2.75) is 32.6 Å². The summed E-state index contributed by atoms with van der Waals surface area (Å²) < 4.78 is 28.0. The first kappa shape index (κ1) is 15.2. The van der Waals surface area contributed by atoms with Crippen molar-refractivity contribution in [1.29, 1.82) is 0 Å². The summed E-state index contributed by atoms with van der Waals surface area (Å²) in [6.07, 6.45) is 4.47. The number of hydrogen-bond donors (Lipinski definition) is 0. The fraction of sp³-hybridized carbons (Fsp3) is 1.00. The van der Waals surface area contributed by atoms with Gasteiger partial charge in [-0.2, -0.15) is 17.0 Å². The molecule has 2 rings (SSSR count). The maximum absolute atomic E-state index is 12.4. The van der Waals surface area contributed by atoms with Crippen molar-refractivity contribution in [1.82, 2.24) is 13.5 Å². The zero-order chi connectivity index (χ0) is 13.9. The van der Waals surface area contributed by atoms with Gasteiger partial charge in [0, 0.05) is 33.2 Å². The Morgan fingerprint density at radius 2 is 1.68 bits per heavy atom. The lowest BCUT2D eigenvalue weighted by atomic mass is 10.0. The van der Waals surface area contributed by atoms with Gasteiger partial charge in [0.2, 0.25) is 0 Å². The van der Waals surface area contributed by atoms with E-state index in [1.54, 1.807) is 11.4 Å². The number of rotatable bonds is 5. The molecule has 6 heteroatoms. The number of nitrogens with zero attached hydrogens (tertiary/aromatic N) is 3. The SMILES string of the molecule is CC1CCN(S(=O)(=O)N(C)CCN2CCCC2)CC1. The molecular weight excluding hydrogens is 262 g/mol. The van der Waals surface area contributed by atoms with Crippen LogP contribution in [0.25, 0.3) is 0 Å². The first-order valence-electron chi connectivity index (χ1n) is 7.44. The van der Waals surface area contributed by atoms with Gasteiger partial charge in [-0.3, -0.25) is 0 Å². The van der Waals surface area contributed by atoms with E-state index >= 15 is 0 Å². The Balaban J connectivity index is 1.83. The van der Waals surface area contributed by atoms with E-state index in [0.717, 1.165) is 32.5 Å². The van der Waals surface area contributed by atoms with Gasteiger partial charge in [-0.25, -0.2) is 0 Å². The second-order valence-electron chi connectivity index (χ2n) is 5.96. The zero-order valence-electron chi connectivity index (χ0n) is 12.2. The van der Waals surface area contributed by atoms with E-state index in [0.29, 0.717) is 25.6 Å². The minimum Gasteiger partial charge on any atom is -0.302 e. The second kappa shape index (κ2) is 6.52. The van der Waals surface area contributed by atoms with Crippen LogP contribution < -0.4 is 0 Å². The van der Waals surface area contributed by atoms with Crippen molar-refractivity contribution >= 4 is 10.2 Å². The lowest BCUT2D eigenvalue weighted by Crippen LogP contribution is -2.47. The number of likely N-dealkylation sites (tertiary alicyclic amines) is 1. The lowest BCUT2D eigenvalue weighted by molar-refractivity contribution is 0.260. The van der Waals surface area contributed by atoms with Crippen molar-refractivity contribution in [3.8, 4) is 0 Å². The molecule has 0 radical (unpaired) electrons.